The van der Waals surface area contributed by atoms with Crippen LogP contribution in [0.1, 0.15) is 18.2 Å². The summed E-state index contributed by atoms with van der Waals surface area (Å²) in [6, 6.07) is 12.5. The molecule has 4 heterocycles. The monoisotopic (exact) mass is 376 g/mol. The van der Waals surface area contributed by atoms with Crippen LogP contribution in [0, 0.1) is 5.92 Å². The summed E-state index contributed by atoms with van der Waals surface area (Å²) >= 11 is 0. The van der Waals surface area contributed by atoms with Gasteiger partial charge in [0.25, 0.3) is 11.1 Å². The molecule has 2 aromatic heterocycles. The Labute approximate surface area is 160 Å². The van der Waals surface area contributed by atoms with E-state index in [1.807, 2.05) is 16.7 Å². The fourth-order valence-corrected chi connectivity index (χ4v) is 4.60. The highest BCUT2D eigenvalue weighted by Gasteiger charge is 2.36. The number of hydrogen-bond acceptors (Lipinski definition) is 4. The van der Waals surface area contributed by atoms with Crippen LogP contribution < -0.4 is 11.1 Å². The second-order valence-corrected chi connectivity index (χ2v) is 7.68. The fraction of sp³-hybridized carbons (Fsp3) is 0.333. The van der Waals surface area contributed by atoms with Crippen molar-refractivity contribution in [3.63, 3.8) is 0 Å². The third kappa shape index (κ3) is 2.74. The number of rotatable bonds is 2. The van der Waals surface area contributed by atoms with E-state index in [-0.39, 0.29) is 29.6 Å². The molecule has 1 saturated heterocycles. The van der Waals surface area contributed by atoms with Gasteiger partial charge in [-0.15, -0.1) is 0 Å². The summed E-state index contributed by atoms with van der Waals surface area (Å²) in [5.41, 5.74) is 1.46. The molecule has 5 rings (SSSR count). The number of likely N-dealkylation sites (tertiary alicyclic amines) is 1. The molecule has 2 unspecified atom stereocenters. The van der Waals surface area contributed by atoms with E-state index in [2.05, 4.69) is 4.98 Å². The molecule has 28 heavy (non-hydrogen) atoms. The van der Waals surface area contributed by atoms with Crippen molar-refractivity contribution in [3.8, 4) is 0 Å². The number of benzene rings is 1. The summed E-state index contributed by atoms with van der Waals surface area (Å²) in [6.07, 6.45) is 3.15. The van der Waals surface area contributed by atoms with Crippen LogP contribution in [-0.4, -0.2) is 38.0 Å². The first-order chi connectivity index (χ1) is 13.6. The number of amides is 1. The zero-order valence-corrected chi connectivity index (χ0v) is 15.3. The van der Waals surface area contributed by atoms with E-state index in [4.69, 9.17) is 0 Å². The van der Waals surface area contributed by atoms with E-state index in [9.17, 15) is 14.4 Å². The van der Waals surface area contributed by atoms with Gasteiger partial charge >= 0.3 is 0 Å². The van der Waals surface area contributed by atoms with Gasteiger partial charge in [-0.1, -0.05) is 18.2 Å². The lowest BCUT2D eigenvalue weighted by molar-refractivity contribution is -0.135. The fourth-order valence-electron chi connectivity index (χ4n) is 4.60. The first kappa shape index (κ1) is 16.9. The first-order valence-electron chi connectivity index (χ1n) is 9.52. The van der Waals surface area contributed by atoms with Gasteiger partial charge in [-0.05, 0) is 37.0 Å². The van der Waals surface area contributed by atoms with Crippen molar-refractivity contribution in [1.82, 2.24) is 19.0 Å². The summed E-state index contributed by atoms with van der Waals surface area (Å²) in [7, 11) is 0. The minimum atomic E-state index is -0.210. The van der Waals surface area contributed by atoms with E-state index in [1.54, 1.807) is 35.2 Å². The third-order valence-electron chi connectivity index (χ3n) is 5.84. The highest BCUT2D eigenvalue weighted by Crippen LogP contribution is 2.33. The predicted molar refractivity (Wildman–Crippen MR) is 104 cm³/mol. The first-order valence-corrected chi connectivity index (χ1v) is 9.52. The molecule has 0 N–H and O–H groups in total. The van der Waals surface area contributed by atoms with Gasteiger partial charge in [0.2, 0.25) is 5.91 Å². The van der Waals surface area contributed by atoms with Crippen molar-refractivity contribution in [2.24, 2.45) is 5.92 Å². The molecule has 7 nitrogen and oxygen atoms in total. The summed E-state index contributed by atoms with van der Waals surface area (Å²) in [6.45, 7) is 1.13. The van der Waals surface area contributed by atoms with Crippen LogP contribution in [0.15, 0.2) is 58.4 Å². The summed E-state index contributed by atoms with van der Waals surface area (Å²) in [5, 5.41) is 0.508. The van der Waals surface area contributed by atoms with E-state index in [0.717, 1.165) is 18.5 Å². The normalized spacial score (nSPS) is 20.8. The highest BCUT2D eigenvalue weighted by atomic mass is 16.2. The Bertz CT molecular complexity index is 1200. The van der Waals surface area contributed by atoms with Crippen molar-refractivity contribution in [2.45, 2.75) is 25.4 Å². The van der Waals surface area contributed by atoms with E-state index in [0.29, 0.717) is 29.9 Å². The smallest absolute Gasteiger partial charge is 0.261 e. The standard InChI is InChI=1S/C21H20N4O3/c26-19-7-3-4-15-8-14-9-16(25(15)19)11-23(10-14)20(27)12-24-13-22-18-6-2-1-5-17(18)21(24)28/h1-7,13-14,16H,8-12H2. The van der Waals surface area contributed by atoms with Crippen LogP contribution in [0.5, 0.6) is 0 Å². The minimum absolute atomic E-state index is 0.00611. The summed E-state index contributed by atoms with van der Waals surface area (Å²) in [4.78, 5) is 44.0. The predicted octanol–water partition coefficient (Wildman–Crippen LogP) is 1.20. The Kier molecular flexibility index (Phi) is 3.89. The van der Waals surface area contributed by atoms with Gasteiger partial charge in [-0.2, -0.15) is 0 Å². The van der Waals surface area contributed by atoms with E-state index in [1.165, 1.54) is 10.9 Å². The largest absolute Gasteiger partial charge is 0.339 e. The Morgan fingerprint density at radius 1 is 1.07 bits per heavy atom. The van der Waals surface area contributed by atoms with Crippen LogP contribution in [0.4, 0.5) is 0 Å². The Morgan fingerprint density at radius 3 is 2.82 bits per heavy atom. The number of hydrogen-bond donors (Lipinski definition) is 0. The van der Waals surface area contributed by atoms with Crippen LogP contribution in [0.25, 0.3) is 10.9 Å². The maximum absolute atomic E-state index is 12.9. The van der Waals surface area contributed by atoms with Crippen molar-refractivity contribution >= 4 is 16.8 Å². The molecular weight excluding hydrogens is 356 g/mol. The lowest BCUT2D eigenvalue weighted by Gasteiger charge is -2.43. The Hall–Kier alpha value is -3.22. The summed E-state index contributed by atoms with van der Waals surface area (Å²) in [5.74, 6) is 0.234. The Balaban J connectivity index is 1.40. The number of carbonyl (C=O) groups excluding carboxylic acids is 1. The molecule has 0 saturated carbocycles. The van der Waals surface area contributed by atoms with Crippen molar-refractivity contribution in [3.05, 3.63) is 75.2 Å². The van der Waals surface area contributed by atoms with Gasteiger partial charge in [0.05, 0.1) is 23.3 Å². The van der Waals surface area contributed by atoms with Crippen LogP contribution in [-0.2, 0) is 17.8 Å². The topological polar surface area (TPSA) is 77.2 Å². The van der Waals surface area contributed by atoms with Gasteiger partial charge in [0.1, 0.15) is 6.54 Å². The average Bonchev–Trinajstić information content (AvgIpc) is 2.70. The molecule has 2 aliphatic rings. The van der Waals surface area contributed by atoms with Gasteiger partial charge in [-0.3, -0.25) is 19.0 Å². The molecule has 2 bridgehead atoms. The second-order valence-electron chi connectivity index (χ2n) is 7.68. The molecule has 1 fully saturated rings. The third-order valence-corrected chi connectivity index (χ3v) is 5.84. The van der Waals surface area contributed by atoms with Crippen LogP contribution in [0.3, 0.4) is 0 Å². The van der Waals surface area contributed by atoms with Gasteiger partial charge in [0.15, 0.2) is 0 Å². The molecule has 2 atom stereocenters. The Morgan fingerprint density at radius 2 is 1.93 bits per heavy atom. The van der Waals surface area contributed by atoms with Crippen molar-refractivity contribution < 1.29 is 4.79 Å². The number of piperidine rings is 1. The van der Waals surface area contributed by atoms with Crippen molar-refractivity contribution in [1.29, 1.82) is 0 Å². The number of aromatic nitrogens is 3. The molecule has 3 aromatic rings. The van der Waals surface area contributed by atoms with E-state index < -0.39 is 0 Å². The lowest BCUT2D eigenvalue weighted by Crippen LogP contribution is -2.51. The lowest BCUT2D eigenvalue weighted by atomic mass is 9.86. The number of nitrogens with zero attached hydrogens (tertiary/aromatic N) is 4. The van der Waals surface area contributed by atoms with Gasteiger partial charge in [-0.25, -0.2) is 4.98 Å². The maximum atomic E-state index is 12.9. The molecule has 2 aliphatic heterocycles. The molecule has 0 radical (unpaired) electrons. The van der Waals surface area contributed by atoms with Crippen molar-refractivity contribution in [2.75, 3.05) is 13.1 Å². The number of para-hydroxylation sites is 1. The van der Waals surface area contributed by atoms with Gasteiger partial charge in [0, 0.05) is 24.8 Å². The highest BCUT2D eigenvalue weighted by molar-refractivity contribution is 5.79. The molecule has 142 valence electrons. The quantitative estimate of drug-likeness (QED) is 0.674. The molecular formula is C21H20N4O3. The molecule has 1 aromatic carbocycles. The summed E-state index contributed by atoms with van der Waals surface area (Å²) < 4.78 is 3.20. The molecule has 7 heteroatoms. The molecule has 0 aliphatic carbocycles. The van der Waals surface area contributed by atoms with E-state index >= 15 is 0 Å². The van der Waals surface area contributed by atoms with Crippen LogP contribution in [0.2, 0.25) is 0 Å². The molecule has 1 amide bonds. The van der Waals surface area contributed by atoms with Gasteiger partial charge < -0.3 is 9.47 Å². The second kappa shape index (κ2) is 6.44. The zero-order valence-electron chi connectivity index (χ0n) is 15.3. The average molecular weight is 376 g/mol. The molecule has 0 spiro atoms. The number of carbonyl (C=O) groups is 1. The number of fused-ring (bicyclic) bond motifs is 5. The SMILES string of the molecule is O=C(Cn1cnc2ccccc2c1=O)N1CC2Cc3cccc(=O)n3C(C2)C1. The maximum Gasteiger partial charge on any atom is 0.261 e. The van der Waals surface area contributed by atoms with Crippen LogP contribution >= 0.6 is 0 Å². The minimum Gasteiger partial charge on any atom is -0.339 e. The zero-order chi connectivity index (χ0) is 19.3. The number of pyridine rings is 1.